The molecule has 32 heavy (non-hydrogen) atoms. The van der Waals surface area contributed by atoms with E-state index in [2.05, 4.69) is 22.3 Å². The molecule has 2 fully saturated rings. The lowest BCUT2D eigenvalue weighted by Gasteiger charge is -2.35. The summed E-state index contributed by atoms with van der Waals surface area (Å²) in [4.78, 5) is 28.9. The van der Waals surface area contributed by atoms with Gasteiger partial charge in [-0.05, 0) is 41.8 Å². The number of morpholine rings is 1. The summed E-state index contributed by atoms with van der Waals surface area (Å²) < 4.78 is 10.8. The molecule has 1 atom stereocenters. The monoisotopic (exact) mass is 437 g/mol. The van der Waals surface area contributed by atoms with E-state index in [1.54, 1.807) is 7.11 Å². The fraction of sp³-hybridized carbons (Fsp3) is 0.440. The minimum Gasteiger partial charge on any atom is -0.497 e. The van der Waals surface area contributed by atoms with Crippen molar-refractivity contribution in [1.29, 1.82) is 0 Å². The van der Waals surface area contributed by atoms with Gasteiger partial charge in [0.2, 0.25) is 5.91 Å². The van der Waals surface area contributed by atoms with E-state index in [1.807, 2.05) is 41.3 Å². The highest BCUT2D eigenvalue weighted by atomic mass is 16.5. The van der Waals surface area contributed by atoms with E-state index in [9.17, 15) is 9.59 Å². The zero-order chi connectivity index (χ0) is 22.3. The quantitative estimate of drug-likeness (QED) is 0.688. The Labute approximate surface area is 189 Å². The number of hydrogen-bond donors (Lipinski definition) is 1. The summed E-state index contributed by atoms with van der Waals surface area (Å²) >= 11 is 0. The van der Waals surface area contributed by atoms with Crippen LogP contribution in [0.15, 0.2) is 48.5 Å². The van der Waals surface area contributed by atoms with Gasteiger partial charge in [0.25, 0.3) is 5.91 Å². The van der Waals surface area contributed by atoms with Crippen LogP contribution in [0.25, 0.3) is 0 Å². The largest absolute Gasteiger partial charge is 0.497 e. The fourth-order valence-electron chi connectivity index (χ4n) is 4.32. The molecule has 4 rings (SSSR count). The maximum Gasteiger partial charge on any atom is 0.251 e. The van der Waals surface area contributed by atoms with Crippen molar-refractivity contribution in [1.82, 2.24) is 15.1 Å². The highest BCUT2D eigenvalue weighted by Crippen LogP contribution is 2.24. The van der Waals surface area contributed by atoms with Gasteiger partial charge in [-0.2, -0.15) is 0 Å². The molecule has 2 aromatic carbocycles. The molecule has 0 unspecified atom stereocenters. The minimum atomic E-state index is -0.0967. The second kappa shape index (κ2) is 10.6. The standard InChI is InChI=1S/C25H31N3O4/c1-31-22-10-8-20(9-11-22)23(27-13-15-32-16-14-27)17-26-25(30)21-6-4-19(5-7-21)18-28-12-2-3-24(28)29/h4-11,23H,2-3,12-18H2,1H3,(H,26,30)/t23-/m0/s1. The topological polar surface area (TPSA) is 71.1 Å². The molecule has 7 nitrogen and oxygen atoms in total. The van der Waals surface area contributed by atoms with Crippen LogP contribution in [-0.2, 0) is 16.1 Å². The Balaban J connectivity index is 1.39. The van der Waals surface area contributed by atoms with Crippen molar-refractivity contribution >= 4 is 11.8 Å². The first-order valence-corrected chi connectivity index (χ1v) is 11.2. The third-order valence-corrected chi connectivity index (χ3v) is 6.20. The summed E-state index contributed by atoms with van der Waals surface area (Å²) in [5, 5.41) is 3.11. The maximum atomic E-state index is 12.8. The Morgan fingerprint density at radius 1 is 1.06 bits per heavy atom. The number of carbonyl (C=O) groups excluding carboxylic acids is 2. The molecule has 0 radical (unpaired) electrons. The molecule has 2 heterocycles. The molecule has 2 saturated heterocycles. The van der Waals surface area contributed by atoms with Gasteiger partial charge < -0.3 is 19.7 Å². The predicted molar refractivity (Wildman–Crippen MR) is 122 cm³/mol. The molecular formula is C25H31N3O4. The van der Waals surface area contributed by atoms with Gasteiger partial charge in [-0.3, -0.25) is 14.5 Å². The first-order valence-electron chi connectivity index (χ1n) is 11.2. The molecule has 0 aromatic heterocycles. The van der Waals surface area contributed by atoms with E-state index in [0.717, 1.165) is 42.9 Å². The second-order valence-corrected chi connectivity index (χ2v) is 8.26. The van der Waals surface area contributed by atoms with E-state index in [0.29, 0.717) is 38.3 Å². The molecule has 0 aliphatic carbocycles. The van der Waals surface area contributed by atoms with Gasteiger partial charge in [-0.15, -0.1) is 0 Å². The summed E-state index contributed by atoms with van der Waals surface area (Å²) in [5.74, 6) is 0.925. The van der Waals surface area contributed by atoms with Crippen LogP contribution in [0.4, 0.5) is 0 Å². The average molecular weight is 438 g/mol. The molecule has 0 spiro atoms. The highest BCUT2D eigenvalue weighted by molar-refractivity contribution is 5.94. The van der Waals surface area contributed by atoms with E-state index in [4.69, 9.17) is 9.47 Å². The van der Waals surface area contributed by atoms with Gasteiger partial charge in [-0.1, -0.05) is 24.3 Å². The van der Waals surface area contributed by atoms with Gasteiger partial charge >= 0.3 is 0 Å². The molecule has 170 valence electrons. The van der Waals surface area contributed by atoms with Gasteiger partial charge in [0.1, 0.15) is 5.75 Å². The SMILES string of the molecule is COc1ccc([C@H](CNC(=O)c2ccc(CN3CCCC3=O)cc2)N2CCOCC2)cc1. The summed E-state index contributed by atoms with van der Waals surface area (Å²) in [6, 6.07) is 15.6. The van der Waals surface area contributed by atoms with Crippen LogP contribution in [0.1, 0.15) is 40.4 Å². The van der Waals surface area contributed by atoms with Crippen molar-refractivity contribution < 1.29 is 19.1 Å². The summed E-state index contributed by atoms with van der Waals surface area (Å²) in [5.41, 5.74) is 2.80. The summed E-state index contributed by atoms with van der Waals surface area (Å²) in [6.45, 7) is 4.98. The second-order valence-electron chi connectivity index (χ2n) is 8.26. The molecule has 0 bridgehead atoms. The van der Waals surface area contributed by atoms with Crippen molar-refractivity contribution in [2.24, 2.45) is 0 Å². The van der Waals surface area contributed by atoms with Gasteiger partial charge in [0, 0.05) is 44.7 Å². The Bertz CT molecular complexity index is 908. The number of benzene rings is 2. The van der Waals surface area contributed by atoms with Crippen LogP contribution in [0, 0.1) is 0 Å². The molecule has 7 heteroatoms. The predicted octanol–water partition coefficient (Wildman–Crippen LogP) is 2.62. The van der Waals surface area contributed by atoms with Crippen molar-refractivity contribution in [3.05, 3.63) is 65.2 Å². The number of nitrogens with zero attached hydrogens (tertiary/aromatic N) is 2. The number of hydrogen-bond acceptors (Lipinski definition) is 5. The molecule has 2 amide bonds. The molecule has 0 saturated carbocycles. The van der Waals surface area contributed by atoms with Gasteiger partial charge in [0.15, 0.2) is 0 Å². The minimum absolute atomic E-state index is 0.0641. The average Bonchev–Trinajstić information content (AvgIpc) is 3.25. The number of ether oxygens (including phenoxy) is 2. The molecular weight excluding hydrogens is 406 g/mol. The lowest BCUT2D eigenvalue weighted by Crippen LogP contribution is -2.43. The van der Waals surface area contributed by atoms with Crippen molar-refractivity contribution in [3.8, 4) is 5.75 Å². The molecule has 2 aliphatic rings. The van der Waals surface area contributed by atoms with Crippen LogP contribution < -0.4 is 10.1 Å². The Hall–Kier alpha value is -2.90. The number of methoxy groups -OCH3 is 1. The van der Waals surface area contributed by atoms with Gasteiger partial charge in [0.05, 0.1) is 26.4 Å². The van der Waals surface area contributed by atoms with E-state index in [1.165, 1.54) is 0 Å². The van der Waals surface area contributed by atoms with E-state index < -0.39 is 0 Å². The first-order chi connectivity index (χ1) is 15.6. The van der Waals surface area contributed by atoms with Crippen LogP contribution in [0.2, 0.25) is 0 Å². The lowest BCUT2D eigenvalue weighted by molar-refractivity contribution is -0.128. The Morgan fingerprint density at radius 3 is 2.41 bits per heavy atom. The van der Waals surface area contributed by atoms with E-state index in [-0.39, 0.29) is 17.9 Å². The summed E-state index contributed by atoms with van der Waals surface area (Å²) in [7, 11) is 1.66. The zero-order valence-corrected chi connectivity index (χ0v) is 18.6. The van der Waals surface area contributed by atoms with Crippen LogP contribution in [0.5, 0.6) is 5.75 Å². The summed E-state index contributed by atoms with van der Waals surface area (Å²) in [6.07, 6.45) is 1.57. The smallest absolute Gasteiger partial charge is 0.251 e. The lowest BCUT2D eigenvalue weighted by atomic mass is 10.0. The fourth-order valence-corrected chi connectivity index (χ4v) is 4.32. The number of carbonyl (C=O) groups is 2. The number of nitrogens with one attached hydrogen (secondary N) is 1. The third-order valence-electron chi connectivity index (χ3n) is 6.20. The molecule has 2 aliphatic heterocycles. The van der Waals surface area contributed by atoms with Crippen molar-refractivity contribution in [2.75, 3.05) is 46.5 Å². The third kappa shape index (κ3) is 5.47. The van der Waals surface area contributed by atoms with Crippen LogP contribution >= 0.6 is 0 Å². The molecule has 1 N–H and O–H groups in total. The van der Waals surface area contributed by atoms with Crippen LogP contribution in [0.3, 0.4) is 0 Å². The maximum absolute atomic E-state index is 12.8. The van der Waals surface area contributed by atoms with E-state index >= 15 is 0 Å². The normalized spacial score (nSPS) is 17.9. The number of rotatable bonds is 8. The van der Waals surface area contributed by atoms with Crippen LogP contribution in [-0.4, -0.2) is 68.1 Å². The number of likely N-dealkylation sites (tertiary alicyclic amines) is 1. The molecule has 2 aromatic rings. The Kier molecular flexibility index (Phi) is 7.39. The number of amides is 2. The van der Waals surface area contributed by atoms with Crippen molar-refractivity contribution in [3.63, 3.8) is 0 Å². The first kappa shape index (κ1) is 22.3. The zero-order valence-electron chi connectivity index (χ0n) is 18.6. The highest BCUT2D eigenvalue weighted by Gasteiger charge is 2.24. The Morgan fingerprint density at radius 2 is 1.78 bits per heavy atom. The van der Waals surface area contributed by atoms with Gasteiger partial charge in [-0.25, -0.2) is 0 Å². The van der Waals surface area contributed by atoms with Crippen molar-refractivity contribution in [2.45, 2.75) is 25.4 Å².